The van der Waals surface area contributed by atoms with Crippen LogP contribution in [0.2, 0.25) is 0 Å². The lowest BCUT2D eigenvalue weighted by Gasteiger charge is -2.38. The van der Waals surface area contributed by atoms with Crippen molar-refractivity contribution in [2.75, 3.05) is 7.11 Å². The van der Waals surface area contributed by atoms with Crippen LogP contribution in [0.1, 0.15) is 13.8 Å². The number of ether oxygens (including phenoxy) is 2. The van der Waals surface area contributed by atoms with Crippen LogP contribution in [0.15, 0.2) is 0 Å². The van der Waals surface area contributed by atoms with E-state index in [2.05, 4.69) is 4.74 Å². The standard InChI is InChI=1S/C9H16O5/c1-4-5(2)14-8(9(12)13-3)7(11)6(4)10/h4-8,10-11H,1-3H3/t4?,5-,6?,7+,8?/m1/s1. The van der Waals surface area contributed by atoms with E-state index in [1.165, 1.54) is 7.11 Å². The van der Waals surface area contributed by atoms with Crippen LogP contribution in [0.3, 0.4) is 0 Å². The average molecular weight is 204 g/mol. The van der Waals surface area contributed by atoms with Gasteiger partial charge in [0.25, 0.3) is 0 Å². The third kappa shape index (κ3) is 1.89. The summed E-state index contributed by atoms with van der Waals surface area (Å²) in [4.78, 5) is 11.2. The summed E-state index contributed by atoms with van der Waals surface area (Å²) in [5.74, 6) is -0.860. The van der Waals surface area contributed by atoms with Gasteiger partial charge < -0.3 is 19.7 Å². The molecule has 1 rings (SSSR count). The van der Waals surface area contributed by atoms with Crippen molar-refractivity contribution in [3.05, 3.63) is 0 Å². The number of carbonyl (C=O) groups is 1. The van der Waals surface area contributed by atoms with Gasteiger partial charge in [0, 0.05) is 5.92 Å². The van der Waals surface area contributed by atoms with Crippen LogP contribution >= 0.6 is 0 Å². The van der Waals surface area contributed by atoms with E-state index < -0.39 is 24.3 Å². The Morgan fingerprint density at radius 1 is 1.29 bits per heavy atom. The number of aliphatic hydroxyl groups excluding tert-OH is 2. The fourth-order valence-electron chi connectivity index (χ4n) is 1.51. The van der Waals surface area contributed by atoms with Crippen LogP contribution in [-0.4, -0.2) is 47.7 Å². The SMILES string of the molecule is COC(=O)C1O[C@H](C)C(C)C(O)[C@@H]1O. The molecule has 1 saturated heterocycles. The number of carbonyl (C=O) groups excluding carboxylic acids is 1. The molecule has 0 saturated carbocycles. The quantitative estimate of drug-likeness (QED) is 0.553. The van der Waals surface area contributed by atoms with Gasteiger partial charge in [-0.2, -0.15) is 0 Å². The lowest BCUT2D eigenvalue weighted by Crippen LogP contribution is -2.55. The summed E-state index contributed by atoms with van der Waals surface area (Å²) in [7, 11) is 1.22. The molecule has 1 fully saturated rings. The van der Waals surface area contributed by atoms with Crippen LogP contribution in [0, 0.1) is 5.92 Å². The van der Waals surface area contributed by atoms with E-state index in [0.717, 1.165) is 0 Å². The van der Waals surface area contributed by atoms with Crippen LogP contribution < -0.4 is 0 Å². The molecule has 0 aromatic heterocycles. The number of aliphatic hydroxyl groups is 2. The smallest absolute Gasteiger partial charge is 0.337 e. The molecule has 2 N–H and O–H groups in total. The molecule has 0 amide bonds. The zero-order valence-electron chi connectivity index (χ0n) is 8.51. The van der Waals surface area contributed by atoms with Crippen LogP contribution in [0.5, 0.6) is 0 Å². The lowest BCUT2D eigenvalue weighted by atomic mass is 9.89. The van der Waals surface area contributed by atoms with Crippen molar-refractivity contribution < 1.29 is 24.5 Å². The average Bonchev–Trinajstić information content (AvgIpc) is 2.19. The first kappa shape index (κ1) is 11.4. The highest BCUT2D eigenvalue weighted by molar-refractivity contribution is 5.75. The monoisotopic (exact) mass is 204 g/mol. The van der Waals surface area contributed by atoms with E-state index in [0.29, 0.717) is 0 Å². The van der Waals surface area contributed by atoms with Gasteiger partial charge in [0.1, 0.15) is 6.10 Å². The second-order valence-corrected chi connectivity index (χ2v) is 3.63. The third-order valence-corrected chi connectivity index (χ3v) is 2.73. The number of methoxy groups -OCH3 is 1. The topological polar surface area (TPSA) is 76.0 Å². The van der Waals surface area contributed by atoms with Gasteiger partial charge in [-0.15, -0.1) is 0 Å². The second kappa shape index (κ2) is 4.25. The van der Waals surface area contributed by atoms with E-state index in [1.54, 1.807) is 13.8 Å². The summed E-state index contributed by atoms with van der Waals surface area (Å²) < 4.78 is 9.71. The van der Waals surface area contributed by atoms with Gasteiger partial charge in [0.2, 0.25) is 0 Å². The molecule has 0 spiro atoms. The van der Waals surface area contributed by atoms with Crippen molar-refractivity contribution in [2.45, 2.75) is 38.3 Å². The zero-order chi connectivity index (χ0) is 10.9. The van der Waals surface area contributed by atoms with E-state index in [4.69, 9.17) is 4.74 Å². The Morgan fingerprint density at radius 2 is 1.86 bits per heavy atom. The summed E-state index contributed by atoms with van der Waals surface area (Å²) in [5.41, 5.74) is 0. The molecule has 1 aliphatic heterocycles. The Hall–Kier alpha value is -0.650. The summed E-state index contributed by atoms with van der Waals surface area (Å²) in [6, 6.07) is 0. The molecular weight excluding hydrogens is 188 g/mol. The number of hydrogen-bond donors (Lipinski definition) is 2. The number of rotatable bonds is 1. The molecule has 0 bridgehead atoms. The molecule has 0 radical (unpaired) electrons. The fraction of sp³-hybridized carbons (Fsp3) is 0.889. The zero-order valence-corrected chi connectivity index (χ0v) is 8.51. The minimum atomic E-state index is -1.21. The van der Waals surface area contributed by atoms with Crippen LogP contribution in [0.25, 0.3) is 0 Å². The molecule has 0 aromatic rings. The maximum Gasteiger partial charge on any atom is 0.337 e. The van der Waals surface area contributed by atoms with E-state index >= 15 is 0 Å². The summed E-state index contributed by atoms with van der Waals surface area (Å²) >= 11 is 0. The van der Waals surface area contributed by atoms with Crippen molar-refractivity contribution in [1.29, 1.82) is 0 Å². The minimum absolute atomic E-state index is 0.203. The second-order valence-electron chi connectivity index (χ2n) is 3.63. The molecule has 1 aliphatic rings. The van der Waals surface area contributed by atoms with Crippen molar-refractivity contribution in [3.63, 3.8) is 0 Å². The molecule has 0 aromatic carbocycles. The Labute approximate surface area is 82.6 Å². The third-order valence-electron chi connectivity index (χ3n) is 2.73. The maximum absolute atomic E-state index is 11.2. The molecule has 3 unspecified atom stereocenters. The summed E-state index contributed by atoms with van der Waals surface area (Å²) in [6.07, 6.45) is -3.53. The van der Waals surface area contributed by atoms with Gasteiger partial charge in [0.15, 0.2) is 6.10 Å². The molecule has 5 nitrogen and oxygen atoms in total. The Bertz CT molecular complexity index is 217. The van der Waals surface area contributed by atoms with E-state index in [1.807, 2.05) is 0 Å². The molecule has 14 heavy (non-hydrogen) atoms. The van der Waals surface area contributed by atoms with E-state index in [-0.39, 0.29) is 12.0 Å². The highest BCUT2D eigenvalue weighted by atomic mass is 16.6. The van der Waals surface area contributed by atoms with Gasteiger partial charge in [0.05, 0.1) is 19.3 Å². The Morgan fingerprint density at radius 3 is 2.36 bits per heavy atom. The van der Waals surface area contributed by atoms with Crippen molar-refractivity contribution in [3.8, 4) is 0 Å². The normalized spacial score (nSPS) is 43.4. The molecular formula is C9H16O5. The molecule has 82 valence electrons. The molecule has 1 heterocycles. The Kier molecular flexibility index (Phi) is 3.47. The highest BCUT2D eigenvalue weighted by Gasteiger charge is 2.44. The molecule has 5 atom stereocenters. The summed E-state index contributed by atoms with van der Waals surface area (Å²) in [5, 5.41) is 19.1. The number of hydrogen-bond acceptors (Lipinski definition) is 5. The van der Waals surface area contributed by atoms with Gasteiger partial charge in [-0.25, -0.2) is 4.79 Å². The molecule has 0 aliphatic carbocycles. The first-order valence-electron chi connectivity index (χ1n) is 4.58. The molecule has 5 heteroatoms. The van der Waals surface area contributed by atoms with Crippen molar-refractivity contribution in [2.24, 2.45) is 5.92 Å². The predicted octanol–water partition coefficient (Wildman–Crippen LogP) is -0.695. The first-order valence-corrected chi connectivity index (χ1v) is 4.58. The number of esters is 1. The largest absolute Gasteiger partial charge is 0.467 e. The van der Waals surface area contributed by atoms with Crippen molar-refractivity contribution in [1.82, 2.24) is 0 Å². The van der Waals surface area contributed by atoms with Gasteiger partial charge in [-0.1, -0.05) is 6.92 Å². The van der Waals surface area contributed by atoms with Gasteiger partial charge in [-0.05, 0) is 6.92 Å². The van der Waals surface area contributed by atoms with Gasteiger partial charge in [-0.3, -0.25) is 0 Å². The van der Waals surface area contributed by atoms with Crippen molar-refractivity contribution >= 4 is 5.97 Å². The first-order chi connectivity index (χ1) is 6.49. The van der Waals surface area contributed by atoms with Gasteiger partial charge >= 0.3 is 5.97 Å². The fourth-order valence-corrected chi connectivity index (χ4v) is 1.51. The van der Waals surface area contributed by atoms with Crippen LogP contribution in [0.4, 0.5) is 0 Å². The minimum Gasteiger partial charge on any atom is -0.467 e. The highest BCUT2D eigenvalue weighted by Crippen LogP contribution is 2.26. The predicted molar refractivity (Wildman–Crippen MR) is 47.5 cm³/mol. The Balaban J connectivity index is 2.75. The van der Waals surface area contributed by atoms with E-state index in [9.17, 15) is 15.0 Å². The maximum atomic E-state index is 11.2. The lowest BCUT2D eigenvalue weighted by molar-refractivity contribution is -0.208. The summed E-state index contributed by atoms with van der Waals surface area (Å²) in [6.45, 7) is 3.50. The van der Waals surface area contributed by atoms with Crippen LogP contribution in [-0.2, 0) is 14.3 Å².